The molecule has 4 nitrogen and oxygen atoms in total. The van der Waals surface area contributed by atoms with E-state index in [4.69, 9.17) is 11.6 Å². The van der Waals surface area contributed by atoms with Crippen LogP contribution in [0.4, 0.5) is 11.4 Å². The van der Waals surface area contributed by atoms with Gasteiger partial charge in [0.05, 0.1) is 15.6 Å². The molecule has 0 saturated carbocycles. The topological polar surface area (TPSA) is 55.2 Å². The Labute approximate surface area is 116 Å². The van der Waals surface area contributed by atoms with Gasteiger partial charge in [-0.3, -0.25) is 10.1 Å². The van der Waals surface area contributed by atoms with Crippen molar-refractivity contribution in [3.63, 3.8) is 0 Å². The summed E-state index contributed by atoms with van der Waals surface area (Å²) in [6.45, 7) is 2.55. The van der Waals surface area contributed by atoms with Gasteiger partial charge in [0.2, 0.25) is 0 Å². The molecule has 0 atom stereocenters. The molecule has 5 heteroatoms. The predicted octanol–water partition coefficient (Wildman–Crippen LogP) is 4.17. The molecule has 2 aromatic carbocycles. The van der Waals surface area contributed by atoms with Crippen molar-refractivity contribution in [1.29, 1.82) is 0 Å². The third-order valence-electron chi connectivity index (χ3n) is 2.84. The van der Waals surface area contributed by atoms with E-state index in [1.165, 1.54) is 12.1 Å². The van der Waals surface area contributed by atoms with Gasteiger partial charge >= 0.3 is 0 Å². The number of nitro benzene ring substituents is 1. The Kier molecular flexibility index (Phi) is 4.02. The fourth-order valence-corrected chi connectivity index (χ4v) is 2.07. The molecule has 0 aromatic heterocycles. The van der Waals surface area contributed by atoms with E-state index < -0.39 is 4.92 Å². The zero-order chi connectivity index (χ0) is 13.8. The minimum Gasteiger partial charge on any atom is -0.380 e. The normalized spacial score (nSPS) is 10.2. The van der Waals surface area contributed by atoms with Crippen LogP contribution in [-0.2, 0) is 6.54 Å². The monoisotopic (exact) mass is 276 g/mol. The Morgan fingerprint density at radius 3 is 2.47 bits per heavy atom. The van der Waals surface area contributed by atoms with Crippen LogP contribution in [0.1, 0.15) is 11.1 Å². The highest BCUT2D eigenvalue weighted by Gasteiger charge is 2.05. The highest BCUT2D eigenvalue weighted by Crippen LogP contribution is 2.25. The second kappa shape index (κ2) is 5.71. The number of nitrogens with one attached hydrogen (secondary N) is 1. The van der Waals surface area contributed by atoms with Crippen molar-refractivity contribution < 1.29 is 4.92 Å². The third kappa shape index (κ3) is 3.23. The van der Waals surface area contributed by atoms with Gasteiger partial charge in [0, 0.05) is 18.7 Å². The minimum atomic E-state index is -0.407. The maximum atomic E-state index is 10.6. The number of rotatable bonds is 4. The van der Waals surface area contributed by atoms with E-state index in [1.807, 2.05) is 25.1 Å². The molecule has 0 aliphatic rings. The van der Waals surface area contributed by atoms with Crippen LogP contribution >= 0.6 is 11.6 Å². The number of halogens is 1. The molecule has 0 radical (unpaired) electrons. The predicted molar refractivity (Wildman–Crippen MR) is 76.6 cm³/mol. The molecule has 98 valence electrons. The van der Waals surface area contributed by atoms with Crippen LogP contribution in [0.3, 0.4) is 0 Å². The molecule has 0 amide bonds. The molecule has 0 bridgehead atoms. The summed E-state index contributed by atoms with van der Waals surface area (Å²) < 4.78 is 0. The first-order valence-corrected chi connectivity index (χ1v) is 6.18. The van der Waals surface area contributed by atoms with Gasteiger partial charge in [0.1, 0.15) is 0 Å². The van der Waals surface area contributed by atoms with E-state index in [9.17, 15) is 10.1 Å². The van der Waals surface area contributed by atoms with Crippen LogP contribution in [0.15, 0.2) is 42.5 Å². The van der Waals surface area contributed by atoms with Gasteiger partial charge in [-0.25, -0.2) is 0 Å². The molecule has 2 rings (SSSR count). The van der Waals surface area contributed by atoms with E-state index in [0.717, 1.165) is 16.8 Å². The Balaban J connectivity index is 2.08. The second-order valence-electron chi connectivity index (χ2n) is 4.21. The summed E-state index contributed by atoms with van der Waals surface area (Å²) in [5, 5.41) is 14.5. The third-order valence-corrected chi connectivity index (χ3v) is 3.15. The summed E-state index contributed by atoms with van der Waals surface area (Å²) >= 11 is 6.11. The van der Waals surface area contributed by atoms with Crippen molar-refractivity contribution in [1.82, 2.24) is 0 Å². The fourth-order valence-electron chi connectivity index (χ4n) is 1.78. The van der Waals surface area contributed by atoms with Crippen LogP contribution in [0.25, 0.3) is 0 Å². The molecule has 0 saturated heterocycles. The summed E-state index contributed by atoms with van der Waals surface area (Å²) in [7, 11) is 0. The molecule has 0 aliphatic heterocycles. The van der Waals surface area contributed by atoms with Gasteiger partial charge in [-0.15, -0.1) is 0 Å². The lowest BCUT2D eigenvalue weighted by Crippen LogP contribution is -2.01. The summed E-state index contributed by atoms with van der Waals surface area (Å²) in [6.07, 6.45) is 0. The largest absolute Gasteiger partial charge is 0.380 e. The smallest absolute Gasteiger partial charge is 0.269 e. The Morgan fingerprint density at radius 2 is 1.89 bits per heavy atom. The van der Waals surface area contributed by atoms with Crippen LogP contribution in [0.2, 0.25) is 5.02 Å². The number of para-hydroxylation sites is 1. The average molecular weight is 277 g/mol. The molecule has 2 aromatic rings. The van der Waals surface area contributed by atoms with Gasteiger partial charge in [-0.05, 0) is 24.1 Å². The molecule has 0 spiro atoms. The molecule has 1 N–H and O–H groups in total. The van der Waals surface area contributed by atoms with Crippen molar-refractivity contribution in [2.24, 2.45) is 0 Å². The number of nitro groups is 1. The van der Waals surface area contributed by atoms with E-state index in [2.05, 4.69) is 5.32 Å². The highest BCUT2D eigenvalue weighted by molar-refractivity contribution is 6.33. The lowest BCUT2D eigenvalue weighted by molar-refractivity contribution is -0.384. The molecule has 0 aliphatic carbocycles. The van der Waals surface area contributed by atoms with Crippen molar-refractivity contribution in [2.75, 3.05) is 5.32 Å². The summed E-state index contributed by atoms with van der Waals surface area (Å²) in [5.41, 5.74) is 3.01. The average Bonchev–Trinajstić information content (AvgIpc) is 2.38. The number of nitrogens with zero attached hydrogens (tertiary/aromatic N) is 1. The van der Waals surface area contributed by atoms with Gasteiger partial charge in [0.25, 0.3) is 5.69 Å². The van der Waals surface area contributed by atoms with Gasteiger partial charge in [0.15, 0.2) is 0 Å². The standard InChI is InChI=1S/C14H13ClN2O2/c1-10-3-2-4-13(15)14(10)16-9-11-5-7-12(8-6-11)17(18)19/h2-8,16H,9H2,1H3. The minimum absolute atomic E-state index is 0.0951. The number of anilines is 1. The Hall–Kier alpha value is -2.07. The first kappa shape index (κ1) is 13.4. The molecular weight excluding hydrogens is 264 g/mol. The SMILES string of the molecule is Cc1cccc(Cl)c1NCc1ccc([N+](=O)[O-])cc1. The molecule has 0 unspecified atom stereocenters. The number of aryl methyl sites for hydroxylation is 1. The van der Waals surface area contributed by atoms with E-state index in [0.29, 0.717) is 11.6 Å². The quantitative estimate of drug-likeness (QED) is 0.673. The Bertz CT molecular complexity index is 577. The van der Waals surface area contributed by atoms with Gasteiger partial charge < -0.3 is 5.32 Å². The first-order chi connectivity index (χ1) is 9.08. The summed E-state index contributed by atoms with van der Waals surface area (Å²) in [4.78, 5) is 10.1. The lowest BCUT2D eigenvalue weighted by Gasteiger charge is -2.11. The van der Waals surface area contributed by atoms with Gasteiger partial charge in [-0.2, -0.15) is 0 Å². The van der Waals surface area contributed by atoms with Crippen LogP contribution in [-0.4, -0.2) is 4.92 Å². The molecule has 0 fully saturated rings. The molecule has 0 heterocycles. The Morgan fingerprint density at radius 1 is 1.21 bits per heavy atom. The second-order valence-corrected chi connectivity index (χ2v) is 4.62. The fraction of sp³-hybridized carbons (Fsp3) is 0.143. The number of hydrogen-bond donors (Lipinski definition) is 1. The first-order valence-electron chi connectivity index (χ1n) is 5.80. The maximum absolute atomic E-state index is 10.6. The van der Waals surface area contributed by atoms with Crippen molar-refractivity contribution in [2.45, 2.75) is 13.5 Å². The van der Waals surface area contributed by atoms with Crippen molar-refractivity contribution in [3.8, 4) is 0 Å². The molecular formula is C14H13ClN2O2. The van der Waals surface area contributed by atoms with Gasteiger partial charge in [-0.1, -0.05) is 35.9 Å². The highest BCUT2D eigenvalue weighted by atomic mass is 35.5. The van der Waals surface area contributed by atoms with Crippen molar-refractivity contribution in [3.05, 3.63) is 68.7 Å². The summed E-state index contributed by atoms with van der Waals surface area (Å²) in [5.74, 6) is 0. The zero-order valence-electron chi connectivity index (χ0n) is 10.4. The maximum Gasteiger partial charge on any atom is 0.269 e. The van der Waals surface area contributed by atoms with E-state index in [1.54, 1.807) is 12.1 Å². The molecule has 19 heavy (non-hydrogen) atoms. The number of benzene rings is 2. The van der Waals surface area contributed by atoms with Crippen LogP contribution in [0, 0.1) is 17.0 Å². The summed E-state index contributed by atoms with van der Waals surface area (Å²) in [6, 6.07) is 12.2. The van der Waals surface area contributed by atoms with E-state index >= 15 is 0 Å². The van der Waals surface area contributed by atoms with E-state index in [-0.39, 0.29) is 5.69 Å². The van der Waals surface area contributed by atoms with Crippen LogP contribution in [0.5, 0.6) is 0 Å². The zero-order valence-corrected chi connectivity index (χ0v) is 11.1. The number of non-ortho nitro benzene ring substituents is 1. The number of hydrogen-bond acceptors (Lipinski definition) is 3. The van der Waals surface area contributed by atoms with Crippen LogP contribution < -0.4 is 5.32 Å². The van der Waals surface area contributed by atoms with Crippen molar-refractivity contribution >= 4 is 23.0 Å². The lowest BCUT2D eigenvalue weighted by atomic mass is 10.1.